The lowest BCUT2D eigenvalue weighted by molar-refractivity contribution is -0.137. The first-order valence-corrected chi connectivity index (χ1v) is 9.42. The number of anilines is 1. The molecule has 0 unspecified atom stereocenters. The van der Waals surface area contributed by atoms with Gasteiger partial charge in [0.2, 0.25) is 0 Å². The smallest absolute Gasteiger partial charge is 0.379 e. The summed E-state index contributed by atoms with van der Waals surface area (Å²) in [4.78, 5) is 15.0. The number of carbonyl (C=O) groups is 1. The Hall–Kier alpha value is -2.90. The lowest BCUT2D eigenvalue weighted by atomic mass is 10.1. The standard InChI is InChI=1S/C18H15F3N2O4S/c1-17(25,11-28(26,27)13-6-4-3-5-7-13)16(24)23-12-8-9-15(22-2)14(10-12)18(19,20)21/h3-10,25H,11H2,1H3,(H,23,24)/t17-/m1/s1. The third kappa shape index (κ3) is 4.88. The Labute approximate surface area is 159 Å². The number of hydrogen-bond acceptors (Lipinski definition) is 4. The van der Waals surface area contributed by atoms with Crippen LogP contribution in [-0.4, -0.2) is 30.8 Å². The number of hydrogen-bond donors (Lipinski definition) is 2. The van der Waals surface area contributed by atoms with E-state index in [1.807, 2.05) is 0 Å². The zero-order valence-electron chi connectivity index (χ0n) is 14.5. The van der Waals surface area contributed by atoms with Crippen LogP contribution in [0.5, 0.6) is 0 Å². The van der Waals surface area contributed by atoms with Crippen LogP contribution in [0.3, 0.4) is 0 Å². The molecule has 0 fully saturated rings. The minimum Gasteiger partial charge on any atom is -0.379 e. The summed E-state index contributed by atoms with van der Waals surface area (Å²) in [5, 5.41) is 12.4. The lowest BCUT2D eigenvalue weighted by Crippen LogP contribution is -2.45. The summed E-state index contributed by atoms with van der Waals surface area (Å²) in [6, 6.07) is 9.60. The highest BCUT2D eigenvalue weighted by molar-refractivity contribution is 7.91. The minimum atomic E-state index is -4.82. The molecule has 0 radical (unpaired) electrons. The van der Waals surface area contributed by atoms with E-state index in [9.17, 15) is 31.5 Å². The van der Waals surface area contributed by atoms with E-state index in [2.05, 4.69) is 10.2 Å². The molecule has 1 amide bonds. The lowest BCUT2D eigenvalue weighted by Gasteiger charge is -2.22. The highest BCUT2D eigenvalue weighted by atomic mass is 32.2. The molecule has 0 spiro atoms. The monoisotopic (exact) mass is 412 g/mol. The van der Waals surface area contributed by atoms with Gasteiger partial charge in [-0.05, 0) is 31.2 Å². The number of amides is 1. The molecule has 0 saturated carbocycles. The Kier molecular flexibility index (Phi) is 5.82. The number of rotatable bonds is 5. The highest BCUT2D eigenvalue weighted by Gasteiger charge is 2.38. The zero-order chi connectivity index (χ0) is 21.2. The van der Waals surface area contributed by atoms with E-state index in [1.165, 1.54) is 24.3 Å². The molecule has 0 aromatic heterocycles. The van der Waals surface area contributed by atoms with E-state index in [-0.39, 0.29) is 10.6 Å². The molecule has 28 heavy (non-hydrogen) atoms. The van der Waals surface area contributed by atoms with Crippen LogP contribution in [0.1, 0.15) is 12.5 Å². The minimum absolute atomic E-state index is 0.108. The molecule has 0 saturated heterocycles. The summed E-state index contributed by atoms with van der Waals surface area (Å²) in [6.45, 7) is 7.73. The van der Waals surface area contributed by atoms with Crippen molar-refractivity contribution < 1.29 is 31.5 Å². The van der Waals surface area contributed by atoms with Gasteiger partial charge in [0.05, 0.1) is 22.8 Å². The van der Waals surface area contributed by atoms with Gasteiger partial charge in [-0.25, -0.2) is 13.3 Å². The first kappa shape index (κ1) is 21.4. The van der Waals surface area contributed by atoms with Gasteiger partial charge in [0, 0.05) is 5.69 Å². The Bertz CT molecular complexity index is 1030. The zero-order valence-corrected chi connectivity index (χ0v) is 15.3. The molecule has 0 aliphatic rings. The molecule has 2 rings (SSSR count). The van der Waals surface area contributed by atoms with Crippen LogP contribution in [0.25, 0.3) is 4.85 Å². The molecule has 0 aliphatic heterocycles. The quantitative estimate of drug-likeness (QED) is 0.737. The van der Waals surface area contributed by atoms with Crippen LogP contribution in [0.2, 0.25) is 0 Å². The van der Waals surface area contributed by atoms with Crippen molar-refractivity contribution in [2.45, 2.75) is 23.6 Å². The fraction of sp³-hybridized carbons (Fsp3) is 0.222. The second-order valence-corrected chi connectivity index (χ2v) is 8.13. The SMILES string of the molecule is [C-]#[N+]c1ccc(NC(=O)[C@](C)(O)CS(=O)(=O)c2ccccc2)cc1C(F)(F)F. The summed E-state index contributed by atoms with van der Waals surface area (Å²) in [7, 11) is -4.03. The Balaban J connectivity index is 2.25. The summed E-state index contributed by atoms with van der Waals surface area (Å²) in [5.41, 5.74) is -4.64. The van der Waals surface area contributed by atoms with Crippen LogP contribution >= 0.6 is 0 Å². The predicted octanol–water partition coefficient (Wildman–Crippen LogP) is 3.42. The molecule has 0 heterocycles. The first-order valence-electron chi connectivity index (χ1n) is 7.77. The molecule has 10 heteroatoms. The van der Waals surface area contributed by atoms with Crippen molar-refractivity contribution in [2.75, 3.05) is 11.1 Å². The van der Waals surface area contributed by atoms with Crippen LogP contribution in [0.4, 0.5) is 24.5 Å². The Morgan fingerprint density at radius 3 is 2.32 bits per heavy atom. The Morgan fingerprint density at radius 1 is 1.18 bits per heavy atom. The normalized spacial score (nSPS) is 14.0. The topological polar surface area (TPSA) is 87.8 Å². The fourth-order valence-electron chi connectivity index (χ4n) is 2.35. The second-order valence-electron chi connectivity index (χ2n) is 6.14. The van der Waals surface area contributed by atoms with Gasteiger partial charge in [0.15, 0.2) is 21.1 Å². The van der Waals surface area contributed by atoms with Crippen molar-refractivity contribution in [1.82, 2.24) is 0 Å². The maximum atomic E-state index is 13.0. The first-order chi connectivity index (χ1) is 12.9. The molecular weight excluding hydrogens is 397 g/mol. The van der Waals surface area contributed by atoms with Crippen molar-refractivity contribution in [3.05, 3.63) is 65.5 Å². The molecule has 148 valence electrons. The van der Waals surface area contributed by atoms with Crippen LogP contribution in [0.15, 0.2) is 53.4 Å². The van der Waals surface area contributed by atoms with E-state index in [0.717, 1.165) is 19.1 Å². The third-order valence-corrected chi connectivity index (χ3v) is 5.68. The number of sulfone groups is 1. The van der Waals surface area contributed by atoms with E-state index in [4.69, 9.17) is 6.57 Å². The van der Waals surface area contributed by atoms with Crippen LogP contribution in [-0.2, 0) is 20.8 Å². The van der Waals surface area contributed by atoms with E-state index >= 15 is 0 Å². The van der Waals surface area contributed by atoms with Crippen LogP contribution in [0, 0.1) is 6.57 Å². The van der Waals surface area contributed by atoms with Crippen molar-refractivity contribution in [1.29, 1.82) is 0 Å². The molecule has 2 aromatic carbocycles. The maximum absolute atomic E-state index is 13.0. The average molecular weight is 412 g/mol. The molecule has 6 nitrogen and oxygen atoms in total. The third-order valence-electron chi connectivity index (χ3n) is 3.74. The second kappa shape index (κ2) is 7.61. The number of nitrogens with one attached hydrogen (secondary N) is 1. The van der Waals surface area contributed by atoms with Gasteiger partial charge in [0.25, 0.3) is 5.91 Å². The van der Waals surface area contributed by atoms with E-state index < -0.39 is 44.5 Å². The van der Waals surface area contributed by atoms with Crippen molar-refractivity contribution >= 4 is 27.1 Å². The number of halogens is 3. The number of benzene rings is 2. The van der Waals surface area contributed by atoms with Gasteiger partial charge < -0.3 is 10.4 Å². The molecule has 0 aliphatic carbocycles. The number of aliphatic hydroxyl groups is 1. The van der Waals surface area contributed by atoms with Gasteiger partial charge >= 0.3 is 6.18 Å². The van der Waals surface area contributed by atoms with E-state index in [1.54, 1.807) is 6.07 Å². The molecule has 0 bridgehead atoms. The van der Waals surface area contributed by atoms with Crippen molar-refractivity contribution in [3.63, 3.8) is 0 Å². The van der Waals surface area contributed by atoms with Gasteiger partial charge in [-0.15, -0.1) is 0 Å². The fourth-order valence-corrected chi connectivity index (χ4v) is 3.96. The summed E-state index contributed by atoms with van der Waals surface area (Å²) >= 11 is 0. The number of carbonyl (C=O) groups excluding carboxylic acids is 1. The Morgan fingerprint density at radius 2 is 1.79 bits per heavy atom. The van der Waals surface area contributed by atoms with Gasteiger partial charge in [0.1, 0.15) is 0 Å². The predicted molar refractivity (Wildman–Crippen MR) is 95.5 cm³/mol. The van der Waals surface area contributed by atoms with E-state index in [0.29, 0.717) is 6.07 Å². The maximum Gasteiger partial charge on any atom is 0.407 e. The number of alkyl halides is 3. The van der Waals surface area contributed by atoms with Crippen molar-refractivity contribution in [3.8, 4) is 0 Å². The highest BCUT2D eigenvalue weighted by Crippen LogP contribution is 2.38. The van der Waals surface area contributed by atoms with Gasteiger partial charge in [-0.3, -0.25) is 4.79 Å². The molecule has 2 aromatic rings. The van der Waals surface area contributed by atoms with Crippen LogP contribution < -0.4 is 5.32 Å². The van der Waals surface area contributed by atoms with Gasteiger partial charge in [-0.2, -0.15) is 13.2 Å². The summed E-state index contributed by atoms with van der Waals surface area (Å²) in [5.74, 6) is -2.17. The average Bonchev–Trinajstić information content (AvgIpc) is 2.61. The van der Waals surface area contributed by atoms with Gasteiger partial charge in [-0.1, -0.05) is 24.3 Å². The number of nitrogens with zero attached hydrogens (tertiary/aromatic N) is 1. The largest absolute Gasteiger partial charge is 0.407 e. The molecular formula is C18H15F3N2O4S. The van der Waals surface area contributed by atoms with Crippen molar-refractivity contribution in [2.24, 2.45) is 0 Å². The summed E-state index contributed by atoms with van der Waals surface area (Å²) < 4.78 is 63.7. The molecule has 1 atom stereocenters. The summed E-state index contributed by atoms with van der Waals surface area (Å²) in [6.07, 6.45) is -4.82. The molecule has 2 N–H and O–H groups in total.